The normalized spacial score (nSPS) is 19.1. The van der Waals surface area contributed by atoms with Crippen molar-refractivity contribution < 1.29 is 9.90 Å². The molecule has 1 aromatic heterocycles. The van der Waals surface area contributed by atoms with Gasteiger partial charge in [0.25, 0.3) is 0 Å². The molecule has 2 aromatic rings. The van der Waals surface area contributed by atoms with Crippen molar-refractivity contribution in [2.45, 2.75) is 52.3 Å². The lowest BCUT2D eigenvalue weighted by atomic mass is 10.1. The van der Waals surface area contributed by atoms with Gasteiger partial charge in [-0.25, -0.2) is 4.79 Å². The Labute approximate surface area is 148 Å². The van der Waals surface area contributed by atoms with Gasteiger partial charge in [0.2, 0.25) is 0 Å². The van der Waals surface area contributed by atoms with Gasteiger partial charge < -0.3 is 15.7 Å². The molecule has 0 radical (unpaired) electrons. The highest BCUT2D eigenvalue weighted by molar-refractivity contribution is 5.90. The Balaban J connectivity index is 1.70. The summed E-state index contributed by atoms with van der Waals surface area (Å²) in [4.78, 5) is 12.5. The van der Waals surface area contributed by atoms with Gasteiger partial charge in [0.05, 0.1) is 29.7 Å². The van der Waals surface area contributed by atoms with E-state index in [2.05, 4.69) is 29.6 Å². The molecule has 3 N–H and O–H groups in total. The van der Waals surface area contributed by atoms with Crippen LogP contribution in [0.15, 0.2) is 30.5 Å². The van der Waals surface area contributed by atoms with Crippen LogP contribution in [0.3, 0.4) is 0 Å². The smallest absolute Gasteiger partial charge is 0.319 e. The van der Waals surface area contributed by atoms with E-state index in [4.69, 9.17) is 0 Å². The Morgan fingerprint density at radius 2 is 2.16 bits per heavy atom. The third-order valence-corrected chi connectivity index (χ3v) is 4.56. The van der Waals surface area contributed by atoms with Crippen LogP contribution in [0.1, 0.15) is 43.6 Å². The summed E-state index contributed by atoms with van der Waals surface area (Å²) in [6, 6.07) is 7.11. The van der Waals surface area contributed by atoms with E-state index >= 15 is 0 Å². The van der Waals surface area contributed by atoms with Crippen molar-refractivity contribution in [2.24, 2.45) is 5.92 Å². The number of hydrogen-bond donors (Lipinski definition) is 3. The van der Waals surface area contributed by atoms with Crippen molar-refractivity contribution in [1.29, 1.82) is 0 Å². The van der Waals surface area contributed by atoms with E-state index < -0.39 is 6.10 Å². The van der Waals surface area contributed by atoms with Gasteiger partial charge in [-0.15, -0.1) is 0 Å². The fraction of sp³-hybridized carbons (Fsp3) is 0.474. The standard InChI is InChI=1S/C19H26N4O2/c1-4-16-15(10-20-23(16)11-12(2)3)21-19(25)22-18-14-8-6-5-7-13(14)9-17(18)24/h5-8,10,12,17-18,24H,4,9,11H2,1-3H3,(H2,21,22,25)/t17-,18-/m0/s1. The Morgan fingerprint density at radius 3 is 2.88 bits per heavy atom. The number of aliphatic hydroxyl groups excluding tert-OH is 1. The largest absolute Gasteiger partial charge is 0.390 e. The van der Waals surface area contributed by atoms with Crippen molar-refractivity contribution in [3.63, 3.8) is 0 Å². The van der Waals surface area contributed by atoms with E-state index in [0.29, 0.717) is 12.3 Å². The minimum absolute atomic E-state index is 0.320. The van der Waals surface area contributed by atoms with Gasteiger partial charge in [-0.1, -0.05) is 45.0 Å². The van der Waals surface area contributed by atoms with Gasteiger partial charge in [0, 0.05) is 13.0 Å². The number of fused-ring (bicyclic) bond motifs is 1. The molecule has 1 aliphatic carbocycles. The van der Waals surface area contributed by atoms with E-state index in [1.165, 1.54) is 0 Å². The van der Waals surface area contributed by atoms with Crippen LogP contribution in [0.25, 0.3) is 0 Å². The van der Waals surface area contributed by atoms with Crippen LogP contribution in [-0.2, 0) is 19.4 Å². The minimum atomic E-state index is -0.600. The van der Waals surface area contributed by atoms with Crippen molar-refractivity contribution >= 4 is 11.7 Å². The average Bonchev–Trinajstić information content (AvgIpc) is 3.08. The van der Waals surface area contributed by atoms with Crippen LogP contribution >= 0.6 is 0 Å². The molecule has 0 aliphatic heterocycles. The predicted octanol–water partition coefficient (Wildman–Crippen LogP) is 2.88. The molecular formula is C19H26N4O2. The molecule has 1 aliphatic rings. The topological polar surface area (TPSA) is 79.2 Å². The molecule has 134 valence electrons. The fourth-order valence-electron chi connectivity index (χ4n) is 3.44. The van der Waals surface area contributed by atoms with Gasteiger partial charge in [-0.2, -0.15) is 5.10 Å². The van der Waals surface area contributed by atoms with Crippen molar-refractivity contribution in [1.82, 2.24) is 15.1 Å². The molecule has 2 atom stereocenters. The highest BCUT2D eigenvalue weighted by Crippen LogP contribution is 2.31. The van der Waals surface area contributed by atoms with Crippen LogP contribution in [0.5, 0.6) is 0 Å². The van der Waals surface area contributed by atoms with Gasteiger partial charge in [-0.3, -0.25) is 4.68 Å². The zero-order valence-electron chi connectivity index (χ0n) is 15.0. The number of amides is 2. The third-order valence-electron chi connectivity index (χ3n) is 4.56. The third kappa shape index (κ3) is 3.69. The minimum Gasteiger partial charge on any atom is -0.390 e. The summed E-state index contributed by atoms with van der Waals surface area (Å²) >= 11 is 0. The zero-order valence-corrected chi connectivity index (χ0v) is 15.0. The lowest BCUT2D eigenvalue weighted by Crippen LogP contribution is -2.37. The fourth-order valence-corrected chi connectivity index (χ4v) is 3.44. The Hall–Kier alpha value is -2.34. The Bertz CT molecular complexity index is 754. The van der Waals surface area contributed by atoms with Crippen LogP contribution in [0.4, 0.5) is 10.5 Å². The van der Waals surface area contributed by atoms with Gasteiger partial charge in [-0.05, 0) is 23.5 Å². The molecule has 0 fully saturated rings. The molecule has 6 heteroatoms. The molecule has 25 heavy (non-hydrogen) atoms. The maximum atomic E-state index is 12.5. The SMILES string of the molecule is CCc1c(NC(=O)N[C@H]2c3ccccc3C[C@@H]2O)cnn1CC(C)C. The average molecular weight is 342 g/mol. The van der Waals surface area contributed by atoms with Crippen molar-refractivity contribution in [3.05, 3.63) is 47.3 Å². The molecule has 0 spiro atoms. The molecule has 0 saturated carbocycles. The summed E-state index contributed by atoms with van der Waals surface area (Å²) in [5, 5.41) is 20.4. The molecule has 6 nitrogen and oxygen atoms in total. The quantitative estimate of drug-likeness (QED) is 0.782. The highest BCUT2D eigenvalue weighted by atomic mass is 16.3. The highest BCUT2D eigenvalue weighted by Gasteiger charge is 2.32. The lowest BCUT2D eigenvalue weighted by molar-refractivity contribution is 0.144. The number of urea groups is 1. The number of nitrogens with one attached hydrogen (secondary N) is 2. The molecule has 1 heterocycles. The first kappa shape index (κ1) is 17.5. The van der Waals surface area contributed by atoms with E-state index in [1.54, 1.807) is 6.20 Å². The first-order valence-corrected chi connectivity index (χ1v) is 8.87. The second kappa shape index (κ2) is 7.27. The van der Waals surface area contributed by atoms with E-state index in [9.17, 15) is 9.90 Å². The summed E-state index contributed by atoms with van der Waals surface area (Å²) in [6.45, 7) is 7.15. The number of carbonyl (C=O) groups excluding carboxylic acids is 1. The van der Waals surface area contributed by atoms with Crippen LogP contribution in [-0.4, -0.2) is 27.0 Å². The molecular weight excluding hydrogens is 316 g/mol. The van der Waals surface area contributed by atoms with Gasteiger partial charge >= 0.3 is 6.03 Å². The molecule has 2 amide bonds. The van der Waals surface area contributed by atoms with E-state index in [-0.39, 0.29) is 12.1 Å². The first-order chi connectivity index (χ1) is 12.0. The van der Waals surface area contributed by atoms with Crippen LogP contribution in [0, 0.1) is 5.92 Å². The summed E-state index contributed by atoms with van der Waals surface area (Å²) in [5.41, 5.74) is 3.80. The second-order valence-corrected chi connectivity index (χ2v) is 6.98. The number of rotatable bonds is 5. The Kier molecular flexibility index (Phi) is 5.08. The maximum absolute atomic E-state index is 12.5. The van der Waals surface area contributed by atoms with E-state index in [1.807, 2.05) is 35.9 Å². The number of anilines is 1. The molecule has 3 rings (SSSR count). The van der Waals surface area contributed by atoms with E-state index in [0.717, 1.165) is 35.5 Å². The number of aliphatic hydroxyl groups is 1. The van der Waals surface area contributed by atoms with Gasteiger partial charge in [0.15, 0.2) is 0 Å². The summed E-state index contributed by atoms with van der Waals surface area (Å²) < 4.78 is 1.94. The number of nitrogens with zero attached hydrogens (tertiary/aromatic N) is 2. The second-order valence-electron chi connectivity index (χ2n) is 6.98. The zero-order chi connectivity index (χ0) is 18.0. The van der Waals surface area contributed by atoms with Gasteiger partial charge in [0.1, 0.15) is 0 Å². The predicted molar refractivity (Wildman–Crippen MR) is 97.5 cm³/mol. The van der Waals surface area contributed by atoms with Crippen molar-refractivity contribution in [3.8, 4) is 0 Å². The Morgan fingerprint density at radius 1 is 1.40 bits per heavy atom. The summed E-state index contributed by atoms with van der Waals surface area (Å²) in [5.74, 6) is 0.483. The number of carbonyl (C=O) groups is 1. The maximum Gasteiger partial charge on any atom is 0.319 e. The summed E-state index contributed by atoms with van der Waals surface area (Å²) in [6.07, 6.45) is 2.45. The number of benzene rings is 1. The number of aromatic nitrogens is 2. The monoisotopic (exact) mass is 342 g/mol. The van der Waals surface area contributed by atoms with Crippen LogP contribution in [0.2, 0.25) is 0 Å². The summed E-state index contributed by atoms with van der Waals surface area (Å²) in [7, 11) is 0. The first-order valence-electron chi connectivity index (χ1n) is 8.87. The molecule has 0 saturated heterocycles. The lowest BCUT2D eigenvalue weighted by Gasteiger charge is -2.18. The van der Waals surface area contributed by atoms with Crippen LogP contribution < -0.4 is 10.6 Å². The molecule has 0 unspecified atom stereocenters. The molecule has 0 bridgehead atoms. The molecule has 1 aromatic carbocycles. The number of hydrogen-bond acceptors (Lipinski definition) is 3. The van der Waals surface area contributed by atoms with Crippen molar-refractivity contribution in [2.75, 3.05) is 5.32 Å².